The standard InChI is InChI=1S/C20H25N3O4S/c1-3-23(4-2)19(24)15-21-20(25)17-11-8-12-18(13-17)28(26,27)22-14-16-9-6-5-7-10-16/h5-13,22H,3-4,14-15H2,1-2H3,(H,21,25). The van der Waals surface area contributed by atoms with Crippen LogP contribution in [0.4, 0.5) is 0 Å². The molecule has 0 radical (unpaired) electrons. The zero-order valence-corrected chi connectivity index (χ0v) is 16.8. The normalized spacial score (nSPS) is 11.1. The lowest BCUT2D eigenvalue weighted by Crippen LogP contribution is -2.40. The van der Waals surface area contributed by atoms with Crippen molar-refractivity contribution in [2.45, 2.75) is 25.3 Å². The van der Waals surface area contributed by atoms with Crippen molar-refractivity contribution >= 4 is 21.8 Å². The van der Waals surface area contributed by atoms with Gasteiger partial charge in [0.15, 0.2) is 0 Å². The lowest BCUT2D eigenvalue weighted by molar-refractivity contribution is -0.129. The second-order valence-electron chi connectivity index (χ2n) is 6.09. The van der Waals surface area contributed by atoms with Crippen molar-refractivity contribution in [3.63, 3.8) is 0 Å². The van der Waals surface area contributed by atoms with E-state index in [-0.39, 0.29) is 29.5 Å². The molecule has 2 aromatic rings. The van der Waals surface area contributed by atoms with Crippen LogP contribution in [0.25, 0.3) is 0 Å². The van der Waals surface area contributed by atoms with Gasteiger partial charge in [0, 0.05) is 25.2 Å². The van der Waals surface area contributed by atoms with E-state index in [0.29, 0.717) is 13.1 Å². The van der Waals surface area contributed by atoms with Gasteiger partial charge in [0.25, 0.3) is 5.91 Å². The number of nitrogens with zero attached hydrogens (tertiary/aromatic N) is 1. The Hall–Kier alpha value is -2.71. The first kappa shape index (κ1) is 21.6. The molecule has 0 heterocycles. The minimum atomic E-state index is -3.77. The molecule has 2 rings (SSSR count). The largest absolute Gasteiger partial charge is 0.343 e. The molecule has 0 aromatic heterocycles. The highest BCUT2D eigenvalue weighted by atomic mass is 32.2. The number of nitrogens with one attached hydrogen (secondary N) is 2. The van der Waals surface area contributed by atoms with E-state index in [1.165, 1.54) is 24.3 Å². The highest BCUT2D eigenvalue weighted by Crippen LogP contribution is 2.12. The Labute approximate surface area is 165 Å². The van der Waals surface area contributed by atoms with Crippen molar-refractivity contribution in [2.75, 3.05) is 19.6 Å². The molecule has 0 aliphatic rings. The molecule has 7 nitrogen and oxygen atoms in total. The molecule has 2 N–H and O–H groups in total. The summed E-state index contributed by atoms with van der Waals surface area (Å²) in [5, 5.41) is 2.54. The van der Waals surface area contributed by atoms with Crippen LogP contribution in [0.3, 0.4) is 0 Å². The summed E-state index contributed by atoms with van der Waals surface area (Å²) in [6.45, 7) is 4.86. The Kier molecular flexibility index (Phi) is 7.71. The zero-order valence-electron chi connectivity index (χ0n) is 16.0. The average Bonchev–Trinajstić information content (AvgIpc) is 2.72. The molecule has 150 valence electrons. The highest BCUT2D eigenvalue weighted by Gasteiger charge is 2.17. The number of carbonyl (C=O) groups is 2. The van der Waals surface area contributed by atoms with E-state index in [9.17, 15) is 18.0 Å². The van der Waals surface area contributed by atoms with Crippen molar-refractivity contribution in [3.8, 4) is 0 Å². The van der Waals surface area contributed by atoms with E-state index in [4.69, 9.17) is 0 Å². The number of hydrogen-bond acceptors (Lipinski definition) is 4. The summed E-state index contributed by atoms with van der Waals surface area (Å²) in [5.41, 5.74) is 1.00. The average molecular weight is 404 g/mol. The maximum atomic E-state index is 12.5. The third-order valence-corrected chi connectivity index (χ3v) is 5.63. The van der Waals surface area contributed by atoms with Gasteiger partial charge in [-0.15, -0.1) is 0 Å². The van der Waals surface area contributed by atoms with Gasteiger partial charge in [0.2, 0.25) is 15.9 Å². The first-order valence-corrected chi connectivity index (χ1v) is 10.5. The summed E-state index contributed by atoms with van der Waals surface area (Å²) in [4.78, 5) is 25.9. The van der Waals surface area contributed by atoms with Crippen LogP contribution < -0.4 is 10.0 Å². The van der Waals surface area contributed by atoms with Crippen LogP contribution in [0.15, 0.2) is 59.5 Å². The van der Waals surface area contributed by atoms with Crippen LogP contribution in [-0.4, -0.2) is 44.8 Å². The molecular weight excluding hydrogens is 378 g/mol. The Bertz CT molecular complexity index is 910. The number of benzene rings is 2. The molecule has 28 heavy (non-hydrogen) atoms. The molecule has 2 amide bonds. The smallest absolute Gasteiger partial charge is 0.251 e. The topological polar surface area (TPSA) is 95.6 Å². The number of sulfonamides is 1. The summed E-state index contributed by atoms with van der Waals surface area (Å²) >= 11 is 0. The van der Waals surface area contributed by atoms with Gasteiger partial charge in [0.05, 0.1) is 11.4 Å². The van der Waals surface area contributed by atoms with Crippen LogP contribution in [0.2, 0.25) is 0 Å². The van der Waals surface area contributed by atoms with Crippen LogP contribution in [0.5, 0.6) is 0 Å². The van der Waals surface area contributed by atoms with Crippen molar-refractivity contribution in [1.82, 2.24) is 14.9 Å². The second-order valence-corrected chi connectivity index (χ2v) is 7.85. The van der Waals surface area contributed by atoms with Crippen LogP contribution in [-0.2, 0) is 21.4 Å². The number of hydrogen-bond donors (Lipinski definition) is 2. The third-order valence-electron chi connectivity index (χ3n) is 4.23. The van der Waals surface area contributed by atoms with Gasteiger partial charge < -0.3 is 10.2 Å². The van der Waals surface area contributed by atoms with Gasteiger partial charge in [-0.3, -0.25) is 9.59 Å². The van der Waals surface area contributed by atoms with Crippen molar-refractivity contribution in [1.29, 1.82) is 0 Å². The Morgan fingerprint density at radius 1 is 0.964 bits per heavy atom. The van der Waals surface area contributed by atoms with Crippen LogP contribution in [0.1, 0.15) is 29.8 Å². The lowest BCUT2D eigenvalue weighted by Gasteiger charge is -2.18. The highest BCUT2D eigenvalue weighted by molar-refractivity contribution is 7.89. The zero-order chi connectivity index (χ0) is 20.6. The van der Waals surface area contributed by atoms with E-state index in [1.54, 1.807) is 4.90 Å². The maximum absolute atomic E-state index is 12.5. The molecule has 0 fully saturated rings. The predicted octanol–water partition coefficient (Wildman–Crippen LogP) is 1.76. The molecule has 0 spiro atoms. The summed E-state index contributed by atoms with van der Waals surface area (Å²) in [7, 11) is -3.77. The minimum absolute atomic E-state index is 0.00819. The monoisotopic (exact) mass is 403 g/mol. The first-order valence-electron chi connectivity index (χ1n) is 9.07. The fourth-order valence-corrected chi connectivity index (χ4v) is 3.67. The van der Waals surface area contributed by atoms with Gasteiger partial charge in [-0.1, -0.05) is 36.4 Å². The Morgan fingerprint density at radius 3 is 2.29 bits per heavy atom. The molecule has 0 bridgehead atoms. The Morgan fingerprint density at radius 2 is 1.64 bits per heavy atom. The van der Waals surface area contributed by atoms with E-state index >= 15 is 0 Å². The van der Waals surface area contributed by atoms with Crippen molar-refractivity contribution in [2.24, 2.45) is 0 Å². The number of rotatable bonds is 9. The number of likely N-dealkylation sites (N-methyl/N-ethyl adjacent to an activating group) is 1. The van der Waals surface area contributed by atoms with Gasteiger partial charge in [-0.05, 0) is 37.6 Å². The quantitative estimate of drug-likeness (QED) is 0.667. The molecule has 0 unspecified atom stereocenters. The minimum Gasteiger partial charge on any atom is -0.343 e. The first-order chi connectivity index (χ1) is 13.4. The summed E-state index contributed by atoms with van der Waals surface area (Å²) in [6.07, 6.45) is 0. The fraction of sp³-hybridized carbons (Fsp3) is 0.300. The maximum Gasteiger partial charge on any atom is 0.251 e. The molecule has 0 aliphatic heterocycles. The molecule has 0 aliphatic carbocycles. The third kappa shape index (κ3) is 5.90. The van der Waals surface area contributed by atoms with E-state index in [0.717, 1.165) is 5.56 Å². The van der Waals surface area contributed by atoms with Gasteiger partial charge in [-0.2, -0.15) is 0 Å². The van der Waals surface area contributed by atoms with Gasteiger partial charge >= 0.3 is 0 Å². The number of carbonyl (C=O) groups excluding carboxylic acids is 2. The molecule has 0 saturated heterocycles. The summed E-state index contributed by atoms with van der Waals surface area (Å²) < 4.78 is 27.5. The van der Waals surface area contributed by atoms with E-state index < -0.39 is 15.9 Å². The Balaban J connectivity index is 2.03. The lowest BCUT2D eigenvalue weighted by atomic mass is 10.2. The van der Waals surface area contributed by atoms with E-state index in [1.807, 2.05) is 44.2 Å². The second kappa shape index (κ2) is 10.0. The molecule has 8 heteroatoms. The summed E-state index contributed by atoms with van der Waals surface area (Å²) in [5.74, 6) is -0.688. The van der Waals surface area contributed by atoms with Crippen LogP contribution in [0, 0.1) is 0 Å². The van der Waals surface area contributed by atoms with Crippen molar-refractivity contribution in [3.05, 3.63) is 65.7 Å². The van der Waals surface area contributed by atoms with E-state index in [2.05, 4.69) is 10.0 Å². The SMILES string of the molecule is CCN(CC)C(=O)CNC(=O)c1cccc(S(=O)(=O)NCc2ccccc2)c1. The molecular formula is C20H25N3O4S. The molecule has 0 atom stereocenters. The summed E-state index contributed by atoms with van der Waals surface area (Å²) in [6, 6.07) is 14.9. The predicted molar refractivity (Wildman–Crippen MR) is 107 cm³/mol. The van der Waals surface area contributed by atoms with Crippen molar-refractivity contribution < 1.29 is 18.0 Å². The van der Waals surface area contributed by atoms with Gasteiger partial charge in [0.1, 0.15) is 0 Å². The molecule has 0 saturated carbocycles. The van der Waals surface area contributed by atoms with Crippen LogP contribution >= 0.6 is 0 Å². The van der Waals surface area contributed by atoms with Gasteiger partial charge in [-0.25, -0.2) is 13.1 Å². The molecule has 2 aromatic carbocycles. The number of amides is 2. The fourth-order valence-electron chi connectivity index (χ4n) is 2.61.